The van der Waals surface area contributed by atoms with Crippen molar-refractivity contribution in [2.75, 3.05) is 6.54 Å². The van der Waals surface area contributed by atoms with Gasteiger partial charge in [0.2, 0.25) is 0 Å². The van der Waals surface area contributed by atoms with Crippen LogP contribution in [0.2, 0.25) is 5.02 Å². The molecule has 3 heteroatoms. The van der Waals surface area contributed by atoms with Crippen LogP contribution in [0.5, 0.6) is 0 Å². The minimum absolute atomic E-state index is 0.214. The zero-order valence-corrected chi connectivity index (χ0v) is 12.2. The van der Waals surface area contributed by atoms with Crippen molar-refractivity contribution < 1.29 is 5.11 Å². The Morgan fingerprint density at radius 2 is 1.78 bits per heavy atom. The van der Waals surface area contributed by atoms with E-state index in [1.165, 1.54) is 5.56 Å². The summed E-state index contributed by atoms with van der Waals surface area (Å²) in [7, 11) is 0. The average Bonchev–Trinajstić information content (AvgIpc) is 2.29. The Morgan fingerprint density at radius 1 is 1.17 bits per heavy atom. The maximum atomic E-state index is 9.31. The molecule has 0 amide bonds. The number of aliphatic hydroxyl groups excluding tert-OH is 1. The van der Waals surface area contributed by atoms with Crippen LogP contribution in [-0.4, -0.2) is 23.8 Å². The fourth-order valence-electron chi connectivity index (χ4n) is 2.11. The fraction of sp³-hybridized carbons (Fsp3) is 0.600. The predicted octanol–water partition coefficient (Wildman–Crippen LogP) is 3.27. The van der Waals surface area contributed by atoms with E-state index in [9.17, 15) is 5.11 Å². The second kappa shape index (κ2) is 7.78. The van der Waals surface area contributed by atoms with E-state index in [0.717, 1.165) is 24.4 Å². The molecular weight excluding hydrogens is 246 g/mol. The Hall–Kier alpha value is -0.570. The average molecular weight is 270 g/mol. The number of nitrogens with one attached hydrogen (secondary N) is 1. The summed E-state index contributed by atoms with van der Waals surface area (Å²) < 4.78 is 0. The number of rotatable bonds is 7. The largest absolute Gasteiger partial charge is 0.393 e. The van der Waals surface area contributed by atoms with Crippen LogP contribution in [0.1, 0.15) is 32.8 Å². The van der Waals surface area contributed by atoms with Gasteiger partial charge in [-0.05, 0) is 56.8 Å². The molecule has 0 aliphatic carbocycles. The first-order valence-corrected chi connectivity index (χ1v) is 7.01. The first-order valence-electron chi connectivity index (χ1n) is 6.63. The molecule has 0 saturated heterocycles. The van der Waals surface area contributed by atoms with Gasteiger partial charge in [-0.2, -0.15) is 0 Å². The molecule has 2 nitrogen and oxygen atoms in total. The van der Waals surface area contributed by atoms with Gasteiger partial charge >= 0.3 is 0 Å². The summed E-state index contributed by atoms with van der Waals surface area (Å²) in [5, 5.41) is 13.6. The van der Waals surface area contributed by atoms with Crippen LogP contribution in [0.4, 0.5) is 0 Å². The molecule has 0 spiro atoms. The van der Waals surface area contributed by atoms with Gasteiger partial charge < -0.3 is 10.4 Å². The van der Waals surface area contributed by atoms with Gasteiger partial charge in [-0.25, -0.2) is 0 Å². The normalized spacial score (nSPS) is 16.3. The maximum absolute atomic E-state index is 9.31. The monoisotopic (exact) mass is 269 g/mol. The van der Waals surface area contributed by atoms with Crippen LogP contribution in [-0.2, 0) is 6.42 Å². The molecule has 0 heterocycles. The van der Waals surface area contributed by atoms with Crippen LogP contribution >= 0.6 is 11.6 Å². The second-order valence-corrected chi connectivity index (χ2v) is 5.77. The van der Waals surface area contributed by atoms with E-state index in [4.69, 9.17) is 11.6 Å². The van der Waals surface area contributed by atoms with E-state index in [1.54, 1.807) is 0 Å². The highest BCUT2D eigenvalue weighted by molar-refractivity contribution is 6.30. The molecule has 3 unspecified atom stereocenters. The number of hydrogen-bond donors (Lipinski definition) is 2. The van der Waals surface area contributed by atoms with Gasteiger partial charge in [0, 0.05) is 11.1 Å². The van der Waals surface area contributed by atoms with Crippen molar-refractivity contribution in [1.29, 1.82) is 0 Å². The molecule has 3 atom stereocenters. The SMILES string of the molecule is CC(O)CC(C)CNC(C)Cc1ccc(Cl)cc1. The van der Waals surface area contributed by atoms with E-state index in [0.29, 0.717) is 12.0 Å². The number of benzene rings is 1. The van der Waals surface area contributed by atoms with E-state index in [-0.39, 0.29) is 6.10 Å². The van der Waals surface area contributed by atoms with Crippen LogP contribution in [0.25, 0.3) is 0 Å². The maximum Gasteiger partial charge on any atom is 0.0515 e. The molecule has 0 saturated carbocycles. The number of halogens is 1. The van der Waals surface area contributed by atoms with Gasteiger partial charge in [0.1, 0.15) is 0 Å². The summed E-state index contributed by atoms with van der Waals surface area (Å²) in [6.45, 7) is 7.13. The molecule has 18 heavy (non-hydrogen) atoms. The zero-order valence-electron chi connectivity index (χ0n) is 11.5. The lowest BCUT2D eigenvalue weighted by atomic mass is 10.0. The predicted molar refractivity (Wildman–Crippen MR) is 78.1 cm³/mol. The van der Waals surface area contributed by atoms with Gasteiger partial charge in [-0.1, -0.05) is 30.7 Å². The molecule has 0 radical (unpaired) electrons. The highest BCUT2D eigenvalue weighted by atomic mass is 35.5. The highest BCUT2D eigenvalue weighted by Crippen LogP contribution is 2.11. The molecule has 0 aliphatic heterocycles. The lowest BCUT2D eigenvalue weighted by molar-refractivity contribution is 0.162. The Morgan fingerprint density at radius 3 is 2.33 bits per heavy atom. The van der Waals surface area contributed by atoms with Crippen LogP contribution in [0.3, 0.4) is 0 Å². The van der Waals surface area contributed by atoms with E-state index in [1.807, 2.05) is 19.1 Å². The Kier molecular flexibility index (Phi) is 6.69. The summed E-state index contributed by atoms with van der Waals surface area (Å²) in [6, 6.07) is 8.43. The summed E-state index contributed by atoms with van der Waals surface area (Å²) in [6.07, 6.45) is 1.63. The second-order valence-electron chi connectivity index (χ2n) is 5.33. The van der Waals surface area contributed by atoms with Crippen LogP contribution < -0.4 is 5.32 Å². The lowest BCUT2D eigenvalue weighted by Gasteiger charge is -2.18. The van der Waals surface area contributed by atoms with E-state index < -0.39 is 0 Å². The Labute approximate surface area is 115 Å². The third kappa shape index (κ3) is 6.39. The van der Waals surface area contributed by atoms with Crippen LogP contribution in [0.15, 0.2) is 24.3 Å². The summed E-state index contributed by atoms with van der Waals surface area (Å²) >= 11 is 5.86. The quantitative estimate of drug-likeness (QED) is 0.796. The first kappa shape index (κ1) is 15.5. The van der Waals surface area contributed by atoms with Gasteiger partial charge in [0.05, 0.1) is 6.10 Å². The summed E-state index contributed by atoms with van der Waals surface area (Å²) in [5.74, 6) is 0.498. The molecule has 102 valence electrons. The topological polar surface area (TPSA) is 32.3 Å². The van der Waals surface area contributed by atoms with Gasteiger partial charge in [-0.15, -0.1) is 0 Å². The van der Waals surface area contributed by atoms with E-state index >= 15 is 0 Å². The zero-order chi connectivity index (χ0) is 13.5. The molecule has 0 aromatic heterocycles. The standard InChI is InChI=1S/C15H24ClNO/c1-11(8-13(3)18)10-17-12(2)9-14-4-6-15(16)7-5-14/h4-7,11-13,17-18H,8-10H2,1-3H3. The molecule has 1 aromatic carbocycles. The molecule has 1 aromatic rings. The van der Waals surface area contributed by atoms with Gasteiger partial charge in [-0.3, -0.25) is 0 Å². The minimum Gasteiger partial charge on any atom is -0.393 e. The minimum atomic E-state index is -0.214. The van der Waals surface area contributed by atoms with Crippen molar-refractivity contribution in [2.24, 2.45) is 5.92 Å². The molecule has 0 bridgehead atoms. The number of hydrogen-bond acceptors (Lipinski definition) is 2. The van der Waals surface area contributed by atoms with Crippen molar-refractivity contribution >= 4 is 11.6 Å². The van der Waals surface area contributed by atoms with Crippen molar-refractivity contribution in [2.45, 2.75) is 45.8 Å². The molecule has 2 N–H and O–H groups in total. The summed E-state index contributed by atoms with van der Waals surface area (Å²) in [5.41, 5.74) is 1.29. The molecule has 0 aliphatic rings. The molecule has 1 rings (SSSR count). The van der Waals surface area contributed by atoms with E-state index in [2.05, 4.69) is 31.3 Å². The lowest BCUT2D eigenvalue weighted by Crippen LogP contribution is -2.32. The van der Waals surface area contributed by atoms with Crippen LogP contribution in [0, 0.1) is 5.92 Å². The molecular formula is C15H24ClNO. The third-order valence-electron chi connectivity index (χ3n) is 3.01. The first-order chi connectivity index (χ1) is 8.47. The van der Waals surface area contributed by atoms with Crippen molar-refractivity contribution in [3.05, 3.63) is 34.9 Å². The summed E-state index contributed by atoms with van der Waals surface area (Å²) in [4.78, 5) is 0. The van der Waals surface area contributed by atoms with Gasteiger partial charge in [0.15, 0.2) is 0 Å². The smallest absolute Gasteiger partial charge is 0.0515 e. The van der Waals surface area contributed by atoms with Crippen molar-refractivity contribution in [3.8, 4) is 0 Å². The fourth-order valence-corrected chi connectivity index (χ4v) is 2.24. The third-order valence-corrected chi connectivity index (χ3v) is 3.27. The van der Waals surface area contributed by atoms with Crippen molar-refractivity contribution in [3.63, 3.8) is 0 Å². The number of aliphatic hydroxyl groups is 1. The van der Waals surface area contributed by atoms with Gasteiger partial charge in [0.25, 0.3) is 0 Å². The van der Waals surface area contributed by atoms with Crippen molar-refractivity contribution in [1.82, 2.24) is 5.32 Å². The Bertz CT molecular complexity index is 337. The highest BCUT2D eigenvalue weighted by Gasteiger charge is 2.08. The Balaban J connectivity index is 2.29. The molecule has 0 fully saturated rings.